The molecule has 0 aromatic heterocycles. The van der Waals surface area contributed by atoms with Gasteiger partial charge in [-0.15, -0.1) is 0 Å². The molecule has 0 aliphatic heterocycles. The van der Waals surface area contributed by atoms with Crippen molar-refractivity contribution in [3.05, 3.63) is 51.1 Å². The SMILES string of the molecule is CCC[CH2][Sn]([CH2]CCC)([CH2]CCC)[C](=C\c1ccccc1)/C=C/Cl. The molecule has 0 atom stereocenters. The maximum atomic E-state index is 6.08. The van der Waals surface area contributed by atoms with Crippen molar-refractivity contribution < 1.29 is 0 Å². The first-order chi connectivity index (χ1) is 11.7. The van der Waals surface area contributed by atoms with Crippen LogP contribution in [0.4, 0.5) is 0 Å². The molecule has 0 saturated carbocycles. The van der Waals surface area contributed by atoms with Crippen LogP contribution in [0.15, 0.2) is 45.5 Å². The third-order valence-electron chi connectivity index (χ3n) is 5.00. The van der Waals surface area contributed by atoms with Crippen LogP contribution in [-0.2, 0) is 0 Å². The first-order valence-corrected chi connectivity index (χ1v) is 17.7. The second-order valence-corrected chi connectivity index (χ2v) is 20.4. The van der Waals surface area contributed by atoms with E-state index in [1.165, 1.54) is 57.4 Å². The molecule has 24 heavy (non-hydrogen) atoms. The van der Waals surface area contributed by atoms with E-state index in [2.05, 4.69) is 63.3 Å². The van der Waals surface area contributed by atoms with Gasteiger partial charge in [0.15, 0.2) is 0 Å². The summed E-state index contributed by atoms with van der Waals surface area (Å²) in [6.45, 7) is 6.98. The van der Waals surface area contributed by atoms with Gasteiger partial charge in [0.25, 0.3) is 0 Å². The maximum absolute atomic E-state index is 6.08. The van der Waals surface area contributed by atoms with Gasteiger partial charge in [-0.25, -0.2) is 0 Å². The van der Waals surface area contributed by atoms with Gasteiger partial charge in [0.1, 0.15) is 0 Å². The second kappa shape index (κ2) is 13.1. The Morgan fingerprint density at radius 1 is 0.875 bits per heavy atom. The third kappa shape index (κ3) is 7.35. The van der Waals surface area contributed by atoms with Gasteiger partial charge in [0, 0.05) is 0 Å². The van der Waals surface area contributed by atoms with Crippen molar-refractivity contribution in [3.8, 4) is 0 Å². The predicted molar refractivity (Wildman–Crippen MR) is 114 cm³/mol. The van der Waals surface area contributed by atoms with E-state index >= 15 is 0 Å². The molecule has 0 spiro atoms. The van der Waals surface area contributed by atoms with E-state index in [4.69, 9.17) is 11.6 Å². The Hall–Kier alpha value is -0.211. The van der Waals surface area contributed by atoms with Crippen LogP contribution >= 0.6 is 11.6 Å². The minimum absolute atomic E-state index is 1.31. The average molecular weight is 454 g/mol. The Bertz CT molecular complexity index is 468. The van der Waals surface area contributed by atoms with E-state index in [0.717, 1.165) is 0 Å². The van der Waals surface area contributed by atoms with Gasteiger partial charge in [0.2, 0.25) is 0 Å². The zero-order chi connectivity index (χ0) is 17.7. The summed E-state index contributed by atoms with van der Waals surface area (Å²) in [5.74, 6) is 0. The molecule has 134 valence electrons. The number of allylic oxidation sites excluding steroid dienone is 2. The van der Waals surface area contributed by atoms with Crippen molar-refractivity contribution in [2.45, 2.75) is 72.6 Å². The number of hydrogen-bond donors (Lipinski definition) is 0. The van der Waals surface area contributed by atoms with Crippen molar-refractivity contribution in [2.24, 2.45) is 0 Å². The Morgan fingerprint density at radius 2 is 1.38 bits per heavy atom. The van der Waals surface area contributed by atoms with Crippen molar-refractivity contribution in [1.82, 2.24) is 0 Å². The minimum atomic E-state index is -2.41. The van der Waals surface area contributed by atoms with Crippen LogP contribution in [0, 0.1) is 0 Å². The predicted octanol–water partition coefficient (Wildman–Crippen LogP) is 8.21. The van der Waals surface area contributed by atoms with Crippen LogP contribution in [0.5, 0.6) is 0 Å². The van der Waals surface area contributed by atoms with E-state index in [1.54, 1.807) is 9.12 Å². The summed E-state index contributed by atoms with van der Waals surface area (Å²) < 4.78 is 6.06. The zero-order valence-electron chi connectivity index (χ0n) is 15.9. The molecular weight excluding hydrogens is 418 g/mol. The fourth-order valence-electron chi connectivity index (χ4n) is 3.53. The summed E-state index contributed by atoms with van der Waals surface area (Å²) in [6, 6.07) is 10.8. The monoisotopic (exact) mass is 454 g/mol. The van der Waals surface area contributed by atoms with Crippen molar-refractivity contribution in [3.63, 3.8) is 0 Å². The molecule has 1 aromatic rings. The molecule has 0 fully saturated rings. The van der Waals surface area contributed by atoms with Crippen molar-refractivity contribution in [1.29, 1.82) is 0 Å². The van der Waals surface area contributed by atoms with Gasteiger partial charge in [0.05, 0.1) is 0 Å². The molecule has 0 N–H and O–H groups in total. The van der Waals surface area contributed by atoms with Crippen LogP contribution in [-0.4, -0.2) is 18.4 Å². The molecule has 0 bridgehead atoms. The molecule has 0 unspecified atom stereocenters. The summed E-state index contributed by atoms with van der Waals surface area (Å²) in [5, 5.41) is 0. The molecule has 0 aliphatic rings. The average Bonchev–Trinajstić information content (AvgIpc) is 2.62. The molecule has 0 nitrogen and oxygen atoms in total. The second-order valence-electron chi connectivity index (χ2n) is 6.89. The number of hydrogen-bond acceptors (Lipinski definition) is 0. The zero-order valence-corrected chi connectivity index (χ0v) is 19.5. The van der Waals surface area contributed by atoms with Gasteiger partial charge < -0.3 is 0 Å². The van der Waals surface area contributed by atoms with Gasteiger partial charge >= 0.3 is 160 Å². The fraction of sp³-hybridized carbons (Fsp3) is 0.545. The van der Waals surface area contributed by atoms with Crippen LogP contribution in [0.3, 0.4) is 0 Å². The molecule has 1 aromatic carbocycles. The molecule has 0 radical (unpaired) electrons. The third-order valence-corrected chi connectivity index (χ3v) is 20.7. The Balaban J connectivity index is 3.27. The Kier molecular flexibility index (Phi) is 11.9. The summed E-state index contributed by atoms with van der Waals surface area (Å²) in [4.78, 5) is 0. The van der Waals surface area contributed by atoms with Gasteiger partial charge in [-0.1, -0.05) is 0 Å². The molecular formula is C22H35ClSn. The van der Waals surface area contributed by atoms with Gasteiger partial charge in [-0.05, 0) is 0 Å². The van der Waals surface area contributed by atoms with Crippen LogP contribution in [0.2, 0.25) is 13.3 Å². The van der Waals surface area contributed by atoms with Gasteiger partial charge in [-0.2, -0.15) is 0 Å². The number of halogens is 1. The number of rotatable bonds is 12. The number of benzene rings is 1. The first-order valence-electron chi connectivity index (χ1n) is 9.76. The van der Waals surface area contributed by atoms with Crippen LogP contribution < -0.4 is 0 Å². The van der Waals surface area contributed by atoms with Crippen LogP contribution in [0.25, 0.3) is 6.08 Å². The molecule has 2 heteroatoms. The van der Waals surface area contributed by atoms with E-state index < -0.39 is 18.4 Å². The summed E-state index contributed by atoms with van der Waals surface area (Å²) in [6.07, 6.45) is 12.8. The van der Waals surface area contributed by atoms with E-state index in [9.17, 15) is 0 Å². The molecule has 0 heterocycles. The molecule has 0 saturated heterocycles. The van der Waals surface area contributed by atoms with Crippen molar-refractivity contribution in [2.75, 3.05) is 0 Å². The molecule has 1 rings (SSSR count). The van der Waals surface area contributed by atoms with E-state index in [0.29, 0.717) is 0 Å². The van der Waals surface area contributed by atoms with Crippen LogP contribution in [0.1, 0.15) is 64.9 Å². The normalized spacial score (nSPS) is 12.9. The van der Waals surface area contributed by atoms with E-state index in [1.807, 2.05) is 0 Å². The van der Waals surface area contributed by atoms with Crippen molar-refractivity contribution >= 4 is 36.1 Å². The fourth-order valence-corrected chi connectivity index (χ4v) is 20.0. The quantitative estimate of drug-likeness (QED) is 0.221. The number of unbranched alkanes of at least 4 members (excludes halogenated alkanes) is 3. The van der Waals surface area contributed by atoms with E-state index in [-0.39, 0.29) is 0 Å². The summed E-state index contributed by atoms with van der Waals surface area (Å²) >= 11 is 3.68. The Morgan fingerprint density at radius 3 is 1.79 bits per heavy atom. The summed E-state index contributed by atoms with van der Waals surface area (Å²) in [7, 11) is 0. The first kappa shape index (κ1) is 21.8. The topological polar surface area (TPSA) is 0 Å². The molecule has 0 aliphatic carbocycles. The molecule has 0 amide bonds. The standard InChI is InChI=1S/C10H8Cl.3C4H9.Sn/c11-9-5-4-8-10-6-2-1-3-7-10;3*1-3-4-2;/h1-3,5-9H;3*1,3-4H2,2H3;/b8-4?,9-5+;;;;. The summed E-state index contributed by atoms with van der Waals surface area (Å²) in [5.41, 5.74) is 3.08. The Labute approximate surface area is 159 Å². The van der Waals surface area contributed by atoms with Gasteiger partial charge in [-0.3, -0.25) is 0 Å².